The summed E-state index contributed by atoms with van der Waals surface area (Å²) in [6.45, 7) is 2.87. The maximum Gasteiger partial charge on any atom is 0.263 e. The van der Waals surface area contributed by atoms with Crippen LogP contribution in [0.5, 0.6) is 0 Å². The summed E-state index contributed by atoms with van der Waals surface area (Å²) in [7, 11) is -3.98. The normalized spacial score (nSPS) is 15.3. The third kappa shape index (κ3) is 4.75. The summed E-state index contributed by atoms with van der Waals surface area (Å²) in [5.74, 6) is -1.62. The summed E-state index contributed by atoms with van der Waals surface area (Å²) >= 11 is 0. The Bertz CT molecular complexity index is 959. The number of pyridine rings is 1. The highest BCUT2D eigenvalue weighted by Crippen LogP contribution is 2.22. The number of nitrogens with zero attached hydrogens (tertiary/aromatic N) is 2. The van der Waals surface area contributed by atoms with E-state index in [1.54, 1.807) is 6.07 Å². The molecule has 150 valence electrons. The van der Waals surface area contributed by atoms with E-state index in [2.05, 4.69) is 15.0 Å². The molecule has 0 atom stereocenters. The second kappa shape index (κ2) is 8.09. The van der Waals surface area contributed by atoms with Gasteiger partial charge in [0, 0.05) is 38.3 Å². The van der Waals surface area contributed by atoms with Crippen LogP contribution in [-0.4, -0.2) is 38.4 Å². The van der Waals surface area contributed by atoms with E-state index in [0.717, 1.165) is 31.0 Å². The molecular formula is C18H20F2N4O3S. The Hall–Kier alpha value is -2.75. The maximum atomic E-state index is 13.3. The maximum absolute atomic E-state index is 13.3. The Morgan fingerprint density at radius 1 is 1.14 bits per heavy atom. The summed E-state index contributed by atoms with van der Waals surface area (Å²) in [6, 6.07) is 5.89. The molecule has 1 aliphatic heterocycles. The van der Waals surface area contributed by atoms with Crippen LogP contribution in [0.2, 0.25) is 0 Å². The molecule has 1 aliphatic rings. The zero-order chi connectivity index (χ0) is 20.3. The van der Waals surface area contributed by atoms with Gasteiger partial charge in [0.2, 0.25) is 5.91 Å². The number of rotatable bonds is 5. The minimum Gasteiger partial charge on any atom is -0.356 e. The largest absolute Gasteiger partial charge is 0.356 e. The first kappa shape index (κ1) is 20.0. The van der Waals surface area contributed by atoms with Crippen LogP contribution >= 0.6 is 0 Å². The molecule has 0 spiro atoms. The lowest BCUT2D eigenvalue weighted by molar-refractivity contribution is -0.119. The molecule has 1 aromatic heterocycles. The SMILES string of the molecule is CC(=O)NC1CCN(c2ccc(S(=O)(=O)Nc3ccc(F)c(F)c3)cn2)CC1. The van der Waals surface area contributed by atoms with Crippen LogP contribution in [0.3, 0.4) is 0 Å². The van der Waals surface area contributed by atoms with Crippen LogP contribution in [0.1, 0.15) is 19.8 Å². The molecule has 1 fully saturated rings. The van der Waals surface area contributed by atoms with Crippen molar-refractivity contribution in [1.29, 1.82) is 0 Å². The zero-order valence-electron chi connectivity index (χ0n) is 15.2. The van der Waals surface area contributed by atoms with Gasteiger partial charge in [-0.25, -0.2) is 22.2 Å². The monoisotopic (exact) mass is 410 g/mol. The van der Waals surface area contributed by atoms with Gasteiger partial charge in [-0.05, 0) is 37.1 Å². The molecule has 0 radical (unpaired) electrons. The number of benzene rings is 1. The average molecular weight is 410 g/mol. The minimum absolute atomic E-state index is 0.0559. The molecule has 0 bridgehead atoms. The average Bonchev–Trinajstić information content (AvgIpc) is 2.65. The van der Waals surface area contributed by atoms with Gasteiger partial charge in [-0.1, -0.05) is 0 Å². The fraction of sp³-hybridized carbons (Fsp3) is 0.333. The first-order valence-electron chi connectivity index (χ1n) is 8.70. The number of piperidine rings is 1. The number of carbonyl (C=O) groups is 1. The third-order valence-corrected chi connectivity index (χ3v) is 5.80. The highest BCUT2D eigenvalue weighted by atomic mass is 32.2. The molecule has 2 heterocycles. The molecule has 3 rings (SSSR count). The fourth-order valence-corrected chi connectivity index (χ4v) is 4.03. The van der Waals surface area contributed by atoms with Crippen molar-refractivity contribution in [3.63, 3.8) is 0 Å². The lowest BCUT2D eigenvalue weighted by Crippen LogP contribution is -2.44. The van der Waals surface area contributed by atoms with Crippen LogP contribution in [0.15, 0.2) is 41.4 Å². The van der Waals surface area contributed by atoms with E-state index in [-0.39, 0.29) is 22.5 Å². The molecule has 10 heteroatoms. The van der Waals surface area contributed by atoms with Gasteiger partial charge < -0.3 is 10.2 Å². The zero-order valence-corrected chi connectivity index (χ0v) is 16.0. The van der Waals surface area contributed by atoms with E-state index < -0.39 is 21.7 Å². The van der Waals surface area contributed by atoms with Gasteiger partial charge >= 0.3 is 0 Å². The van der Waals surface area contributed by atoms with E-state index in [0.29, 0.717) is 18.9 Å². The van der Waals surface area contributed by atoms with Gasteiger partial charge in [-0.15, -0.1) is 0 Å². The molecule has 2 N–H and O–H groups in total. The molecule has 1 aromatic carbocycles. The van der Waals surface area contributed by atoms with E-state index >= 15 is 0 Å². The number of carbonyl (C=O) groups excluding carboxylic acids is 1. The fourth-order valence-electron chi connectivity index (χ4n) is 3.03. The summed E-state index contributed by atoms with van der Waals surface area (Å²) in [6.07, 6.45) is 2.77. The number of hydrogen-bond acceptors (Lipinski definition) is 5. The van der Waals surface area contributed by atoms with Gasteiger partial charge in [0.05, 0.1) is 5.69 Å². The number of nitrogens with one attached hydrogen (secondary N) is 2. The van der Waals surface area contributed by atoms with Crippen molar-refractivity contribution in [2.75, 3.05) is 22.7 Å². The van der Waals surface area contributed by atoms with Crippen LogP contribution in [0, 0.1) is 11.6 Å². The van der Waals surface area contributed by atoms with Crippen molar-refractivity contribution in [3.05, 3.63) is 48.2 Å². The van der Waals surface area contributed by atoms with Gasteiger partial charge in [-0.2, -0.15) is 0 Å². The Labute approximate surface area is 161 Å². The van der Waals surface area contributed by atoms with Crippen molar-refractivity contribution in [2.45, 2.75) is 30.7 Å². The van der Waals surface area contributed by atoms with Gasteiger partial charge in [0.15, 0.2) is 11.6 Å². The smallest absolute Gasteiger partial charge is 0.263 e. The number of aromatic nitrogens is 1. The second-order valence-electron chi connectivity index (χ2n) is 6.55. The molecule has 28 heavy (non-hydrogen) atoms. The standard InChI is InChI=1S/C18H20F2N4O3S/c1-12(25)22-13-6-8-24(9-7-13)18-5-3-15(11-21-18)28(26,27)23-14-2-4-16(19)17(20)10-14/h2-5,10-11,13,23H,6-9H2,1H3,(H,22,25). The quantitative estimate of drug-likeness (QED) is 0.789. The van der Waals surface area contributed by atoms with E-state index in [1.807, 2.05) is 4.90 Å². The Balaban J connectivity index is 1.66. The summed E-state index contributed by atoms with van der Waals surface area (Å²) in [5.41, 5.74) is -0.0805. The van der Waals surface area contributed by atoms with Crippen LogP contribution in [-0.2, 0) is 14.8 Å². The van der Waals surface area contributed by atoms with Crippen molar-refractivity contribution < 1.29 is 22.0 Å². The van der Waals surface area contributed by atoms with Crippen LogP contribution in [0.25, 0.3) is 0 Å². The van der Waals surface area contributed by atoms with Gasteiger partial charge in [-0.3, -0.25) is 9.52 Å². The summed E-state index contributed by atoms with van der Waals surface area (Å²) < 4.78 is 53.3. The number of halogens is 2. The van der Waals surface area contributed by atoms with E-state index in [4.69, 9.17) is 0 Å². The molecule has 2 aromatic rings. The van der Waals surface area contributed by atoms with Gasteiger partial charge in [0.1, 0.15) is 10.7 Å². The number of sulfonamides is 1. The number of hydrogen-bond donors (Lipinski definition) is 2. The van der Waals surface area contributed by atoms with Crippen LogP contribution in [0.4, 0.5) is 20.3 Å². The number of amides is 1. The lowest BCUT2D eigenvalue weighted by Gasteiger charge is -2.33. The molecule has 1 saturated heterocycles. The van der Waals surface area contributed by atoms with Crippen molar-refractivity contribution in [1.82, 2.24) is 10.3 Å². The molecule has 1 amide bonds. The summed E-state index contributed by atoms with van der Waals surface area (Å²) in [5, 5.41) is 2.89. The first-order chi connectivity index (χ1) is 13.2. The topological polar surface area (TPSA) is 91.4 Å². The van der Waals surface area contributed by atoms with Crippen molar-refractivity contribution >= 4 is 27.4 Å². The Morgan fingerprint density at radius 2 is 1.86 bits per heavy atom. The minimum atomic E-state index is -3.98. The highest BCUT2D eigenvalue weighted by molar-refractivity contribution is 7.92. The molecule has 0 saturated carbocycles. The Morgan fingerprint density at radius 3 is 2.43 bits per heavy atom. The molecule has 0 unspecified atom stereocenters. The third-order valence-electron chi connectivity index (χ3n) is 4.43. The van der Waals surface area contributed by atoms with E-state index in [9.17, 15) is 22.0 Å². The highest BCUT2D eigenvalue weighted by Gasteiger charge is 2.22. The van der Waals surface area contributed by atoms with E-state index in [1.165, 1.54) is 19.2 Å². The van der Waals surface area contributed by atoms with Crippen LogP contribution < -0.4 is 14.9 Å². The predicted octanol–water partition coefficient (Wildman–Crippen LogP) is 2.27. The Kier molecular flexibility index (Phi) is 5.78. The van der Waals surface area contributed by atoms with Crippen molar-refractivity contribution in [3.8, 4) is 0 Å². The predicted molar refractivity (Wildman–Crippen MR) is 100 cm³/mol. The van der Waals surface area contributed by atoms with Gasteiger partial charge in [0.25, 0.3) is 10.0 Å². The first-order valence-corrected chi connectivity index (χ1v) is 10.2. The number of anilines is 2. The molecule has 0 aliphatic carbocycles. The molecule has 7 nitrogen and oxygen atoms in total. The molecular weight excluding hydrogens is 390 g/mol. The summed E-state index contributed by atoms with van der Waals surface area (Å²) in [4.78, 5) is 17.3. The van der Waals surface area contributed by atoms with Crippen molar-refractivity contribution in [2.24, 2.45) is 0 Å². The second-order valence-corrected chi connectivity index (χ2v) is 8.23. The lowest BCUT2D eigenvalue weighted by atomic mass is 10.1.